The van der Waals surface area contributed by atoms with Gasteiger partial charge in [0.15, 0.2) is 0 Å². The summed E-state index contributed by atoms with van der Waals surface area (Å²) >= 11 is 0. The van der Waals surface area contributed by atoms with Crippen molar-refractivity contribution in [1.29, 1.82) is 0 Å². The summed E-state index contributed by atoms with van der Waals surface area (Å²) in [6.45, 7) is 12.4. The highest BCUT2D eigenvalue weighted by Crippen LogP contribution is 2.15. The van der Waals surface area contributed by atoms with Crippen LogP contribution >= 0.6 is 0 Å². The molecule has 0 saturated heterocycles. The van der Waals surface area contributed by atoms with Gasteiger partial charge < -0.3 is 0 Å². The van der Waals surface area contributed by atoms with E-state index < -0.39 is 0 Å². The first kappa shape index (κ1) is 8.48. The van der Waals surface area contributed by atoms with Crippen LogP contribution in [0.2, 0.25) is 0 Å². The first-order valence-corrected chi connectivity index (χ1v) is 3.41. The van der Waals surface area contributed by atoms with Crippen molar-refractivity contribution in [1.82, 2.24) is 0 Å². The second kappa shape index (κ2) is 3.49. The molecule has 0 nitrogen and oxygen atoms in total. The van der Waals surface area contributed by atoms with Crippen molar-refractivity contribution < 1.29 is 0 Å². The van der Waals surface area contributed by atoms with Gasteiger partial charge in [-0.05, 0) is 19.8 Å². The number of hydrogen-bond donors (Lipinski definition) is 0. The van der Waals surface area contributed by atoms with Crippen LogP contribution in [0.3, 0.4) is 0 Å². The molecule has 0 heterocycles. The van der Waals surface area contributed by atoms with Crippen LogP contribution in [0.25, 0.3) is 0 Å². The molecule has 0 rings (SSSR count). The van der Waals surface area contributed by atoms with Crippen LogP contribution in [0.5, 0.6) is 0 Å². The first-order chi connectivity index (χ1) is 4.09. The van der Waals surface area contributed by atoms with Crippen LogP contribution in [-0.2, 0) is 0 Å². The highest BCUT2D eigenvalue weighted by atomic mass is 14.0. The average molecular weight is 124 g/mol. The summed E-state index contributed by atoms with van der Waals surface area (Å²) in [5, 5.41) is 0. The van der Waals surface area contributed by atoms with Crippen molar-refractivity contribution in [2.24, 2.45) is 5.92 Å². The second-order valence-electron chi connectivity index (χ2n) is 2.65. The van der Waals surface area contributed by atoms with Crippen molar-refractivity contribution in [3.63, 3.8) is 0 Å². The maximum absolute atomic E-state index is 3.96. The minimum atomic E-state index is 0.584. The Morgan fingerprint density at radius 2 is 1.89 bits per heavy atom. The Morgan fingerprint density at radius 1 is 1.44 bits per heavy atom. The second-order valence-corrected chi connectivity index (χ2v) is 2.65. The molecule has 0 unspecified atom stereocenters. The topological polar surface area (TPSA) is 0 Å². The summed E-state index contributed by atoms with van der Waals surface area (Å²) in [4.78, 5) is 0. The van der Waals surface area contributed by atoms with Gasteiger partial charge in [-0.3, -0.25) is 0 Å². The van der Waals surface area contributed by atoms with Crippen molar-refractivity contribution in [2.45, 2.75) is 27.7 Å². The predicted molar refractivity (Wildman–Crippen MR) is 43.4 cm³/mol. The van der Waals surface area contributed by atoms with Gasteiger partial charge in [0.05, 0.1) is 0 Å². The molecule has 0 fully saturated rings. The van der Waals surface area contributed by atoms with Crippen LogP contribution in [0.15, 0.2) is 23.8 Å². The molecule has 0 atom stereocenters. The molecule has 9 heavy (non-hydrogen) atoms. The molecular weight excluding hydrogens is 108 g/mol. The Morgan fingerprint density at radius 3 is 2.00 bits per heavy atom. The number of rotatable bonds is 2. The largest absolute Gasteiger partial charge is 0.0953 e. The van der Waals surface area contributed by atoms with Gasteiger partial charge in [-0.1, -0.05) is 37.6 Å². The van der Waals surface area contributed by atoms with Gasteiger partial charge >= 0.3 is 0 Å². The molecule has 0 aliphatic heterocycles. The Labute approximate surface area is 58.3 Å². The Balaban J connectivity index is 4.06. The zero-order valence-corrected chi connectivity index (χ0v) is 6.86. The van der Waals surface area contributed by atoms with E-state index in [9.17, 15) is 0 Å². The first-order valence-electron chi connectivity index (χ1n) is 3.41. The lowest BCUT2D eigenvalue weighted by molar-refractivity contribution is 0.781. The van der Waals surface area contributed by atoms with E-state index in [0.29, 0.717) is 5.92 Å². The monoisotopic (exact) mass is 124 g/mol. The third kappa shape index (κ3) is 2.50. The van der Waals surface area contributed by atoms with Crippen molar-refractivity contribution >= 4 is 0 Å². The molecule has 52 valence electrons. The fraction of sp³-hybridized carbons (Fsp3) is 0.556. The van der Waals surface area contributed by atoms with E-state index in [0.717, 1.165) is 0 Å². The molecule has 0 heteroatoms. The van der Waals surface area contributed by atoms with E-state index in [-0.39, 0.29) is 0 Å². The number of hydrogen-bond acceptors (Lipinski definition) is 0. The Hall–Kier alpha value is -0.520. The predicted octanol–water partition coefficient (Wildman–Crippen LogP) is 3.16. The fourth-order valence-corrected chi connectivity index (χ4v) is 0.641. The average Bonchev–Trinajstić information content (AvgIpc) is 1.84. The summed E-state index contributed by atoms with van der Waals surface area (Å²) in [7, 11) is 0. The van der Waals surface area contributed by atoms with Crippen LogP contribution in [0, 0.1) is 5.92 Å². The normalized spacial score (nSPS) is 12.3. The van der Waals surface area contributed by atoms with E-state index >= 15 is 0 Å². The van der Waals surface area contributed by atoms with Gasteiger partial charge in [0.2, 0.25) is 0 Å². The zero-order chi connectivity index (χ0) is 7.44. The van der Waals surface area contributed by atoms with E-state index in [4.69, 9.17) is 0 Å². The SMILES string of the molecule is C=C(/C(C)=C\C)C(C)C. The lowest BCUT2D eigenvalue weighted by Crippen LogP contribution is -1.92. The molecule has 0 radical (unpaired) electrons. The zero-order valence-electron chi connectivity index (χ0n) is 6.86. The molecule has 0 aromatic rings. The maximum Gasteiger partial charge on any atom is -0.0222 e. The van der Waals surface area contributed by atoms with Gasteiger partial charge in [0.1, 0.15) is 0 Å². The van der Waals surface area contributed by atoms with E-state index in [1.807, 2.05) is 6.92 Å². The van der Waals surface area contributed by atoms with Crippen LogP contribution < -0.4 is 0 Å². The summed E-state index contributed by atoms with van der Waals surface area (Å²) in [6.07, 6.45) is 2.10. The molecule has 0 N–H and O–H groups in total. The van der Waals surface area contributed by atoms with Gasteiger partial charge in [-0.2, -0.15) is 0 Å². The Bertz CT molecular complexity index is 127. The quantitative estimate of drug-likeness (QED) is 0.496. The molecular formula is C9H16. The maximum atomic E-state index is 3.96. The van der Waals surface area contributed by atoms with Gasteiger partial charge in [-0.25, -0.2) is 0 Å². The lowest BCUT2D eigenvalue weighted by atomic mass is 9.98. The highest BCUT2D eigenvalue weighted by molar-refractivity contribution is 5.26. The van der Waals surface area contributed by atoms with Crippen LogP contribution in [0.4, 0.5) is 0 Å². The summed E-state index contributed by atoms with van der Waals surface area (Å²) in [5.41, 5.74) is 2.56. The van der Waals surface area contributed by atoms with Crippen LogP contribution in [-0.4, -0.2) is 0 Å². The molecule has 0 aromatic carbocycles. The lowest BCUT2D eigenvalue weighted by Gasteiger charge is -2.08. The molecule has 0 aliphatic carbocycles. The molecule has 0 bridgehead atoms. The number of allylic oxidation sites excluding steroid dienone is 3. The molecule has 0 saturated carbocycles. The summed E-state index contributed by atoms with van der Waals surface area (Å²) in [5.74, 6) is 0.584. The Kier molecular flexibility index (Phi) is 3.29. The van der Waals surface area contributed by atoms with E-state index in [1.165, 1.54) is 11.1 Å². The highest BCUT2D eigenvalue weighted by Gasteiger charge is 1.99. The molecule has 0 aliphatic rings. The van der Waals surface area contributed by atoms with Gasteiger partial charge in [-0.15, -0.1) is 0 Å². The van der Waals surface area contributed by atoms with Crippen molar-refractivity contribution in [2.75, 3.05) is 0 Å². The van der Waals surface area contributed by atoms with Crippen molar-refractivity contribution in [3.8, 4) is 0 Å². The van der Waals surface area contributed by atoms with E-state index in [1.54, 1.807) is 0 Å². The third-order valence-electron chi connectivity index (χ3n) is 1.64. The van der Waals surface area contributed by atoms with Crippen molar-refractivity contribution in [3.05, 3.63) is 23.8 Å². The summed E-state index contributed by atoms with van der Waals surface area (Å²) < 4.78 is 0. The van der Waals surface area contributed by atoms with Gasteiger partial charge in [0, 0.05) is 0 Å². The fourth-order valence-electron chi connectivity index (χ4n) is 0.641. The summed E-state index contributed by atoms with van der Waals surface area (Å²) in [6, 6.07) is 0. The third-order valence-corrected chi connectivity index (χ3v) is 1.64. The van der Waals surface area contributed by atoms with Crippen LogP contribution in [0.1, 0.15) is 27.7 Å². The smallest absolute Gasteiger partial charge is 0.0222 e. The molecule has 0 amide bonds. The minimum absolute atomic E-state index is 0.584. The van der Waals surface area contributed by atoms with E-state index in [2.05, 4.69) is 33.4 Å². The molecule has 0 aromatic heterocycles. The minimum Gasteiger partial charge on any atom is -0.0953 e. The van der Waals surface area contributed by atoms with Gasteiger partial charge in [0.25, 0.3) is 0 Å². The molecule has 0 spiro atoms. The standard InChI is InChI=1S/C9H16/c1-6-8(4)9(5)7(2)3/h6-7H,5H2,1-4H3/b8-6-.